The van der Waals surface area contributed by atoms with Crippen LogP contribution in [-0.4, -0.2) is 19.4 Å². The highest BCUT2D eigenvalue weighted by Gasteiger charge is 2.07. The predicted octanol–water partition coefficient (Wildman–Crippen LogP) is 2.51. The third-order valence-corrected chi connectivity index (χ3v) is 4.47. The van der Waals surface area contributed by atoms with Crippen LogP contribution in [0.3, 0.4) is 0 Å². The van der Waals surface area contributed by atoms with Crippen LogP contribution in [0.2, 0.25) is 5.02 Å². The van der Waals surface area contributed by atoms with Gasteiger partial charge in [-0.1, -0.05) is 29.8 Å². The summed E-state index contributed by atoms with van der Waals surface area (Å²) in [6.07, 6.45) is 2.88. The largest absolute Gasteiger partial charge is 0.332 e. The number of carbonyl (C=O) groups excluding carboxylic acids is 1. The van der Waals surface area contributed by atoms with E-state index in [1.165, 1.54) is 30.3 Å². The van der Waals surface area contributed by atoms with E-state index in [-0.39, 0.29) is 10.0 Å². The number of sulfonamides is 1. The summed E-state index contributed by atoms with van der Waals surface area (Å²) in [5, 5.41) is 10.9. The third kappa shape index (κ3) is 5.95. The molecule has 0 unspecified atom stereocenters. The van der Waals surface area contributed by atoms with Gasteiger partial charge in [0, 0.05) is 16.8 Å². The Labute approximate surface area is 155 Å². The molecule has 130 valence electrons. The van der Waals surface area contributed by atoms with E-state index >= 15 is 0 Å². The van der Waals surface area contributed by atoms with Crippen molar-refractivity contribution in [3.8, 4) is 0 Å². The van der Waals surface area contributed by atoms with Crippen LogP contribution in [-0.2, 0) is 14.8 Å². The smallest absolute Gasteiger partial charge is 0.250 e. The monoisotopic (exact) mass is 395 g/mol. The van der Waals surface area contributed by atoms with Crippen molar-refractivity contribution >= 4 is 56.6 Å². The first-order chi connectivity index (χ1) is 11.8. The zero-order valence-electron chi connectivity index (χ0n) is 12.8. The molecule has 0 radical (unpaired) electrons. The Morgan fingerprint density at radius 3 is 2.36 bits per heavy atom. The summed E-state index contributed by atoms with van der Waals surface area (Å²) in [7, 11) is -3.75. The van der Waals surface area contributed by atoms with Crippen LogP contribution in [0, 0.1) is 0 Å². The van der Waals surface area contributed by atoms with Gasteiger partial charge in [0.2, 0.25) is 15.9 Å². The predicted molar refractivity (Wildman–Crippen MR) is 103 cm³/mol. The minimum Gasteiger partial charge on any atom is -0.332 e. The van der Waals surface area contributed by atoms with E-state index in [0.29, 0.717) is 16.3 Å². The molecule has 9 heteroatoms. The Bertz CT molecular complexity index is 926. The molecule has 0 saturated heterocycles. The lowest BCUT2D eigenvalue weighted by atomic mass is 10.2. The number of hydrogen-bond donors (Lipinski definition) is 3. The summed E-state index contributed by atoms with van der Waals surface area (Å²) in [5.41, 5.74) is 1.21. The van der Waals surface area contributed by atoms with Crippen LogP contribution in [0.5, 0.6) is 0 Å². The number of benzene rings is 2. The average Bonchev–Trinajstić information content (AvgIpc) is 2.53. The number of hydrogen-bond acceptors (Lipinski definition) is 4. The maximum Gasteiger partial charge on any atom is 0.250 e. The van der Waals surface area contributed by atoms with Crippen LogP contribution in [0.4, 0.5) is 5.69 Å². The van der Waals surface area contributed by atoms with Gasteiger partial charge < -0.3 is 5.32 Å². The molecular weight excluding hydrogens is 382 g/mol. The molecule has 2 rings (SSSR count). The van der Waals surface area contributed by atoms with Gasteiger partial charge in [-0.15, -0.1) is 0 Å². The molecule has 2 aromatic rings. The van der Waals surface area contributed by atoms with E-state index in [1.807, 2.05) is 0 Å². The van der Waals surface area contributed by atoms with E-state index in [2.05, 4.69) is 10.6 Å². The second kappa shape index (κ2) is 8.21. The molecule has 0 aliphatic heterocycles. The minimum absolute atomic E-state index is 0.0179. The quantitative estimate of drug-likeness (QED) is 0.545. The molecular formula is C16H14ClN3O3S2. The molecule has 4 N–H and O–H groups in total. The molecule has 0 atom stereocenters. The normalized spacial score (nSPS) is 11.3. The molecule has 0 fully saturated rings. The Kier molecular flexibility index (Phi) is 6.27. The van der Waals surface area contributed by atoms with Crippen LogP contribution in [0.15, 0.2) is 59.5 Å². The Hall–Kier alpha value is -2.26. The molecule has 0 heterocycles. The molecule has 0 bridgehead atoms. The van der Waals surface area contributed by atoms with Crippen molar-refractivity contribution < 1.29 is 13.2 Å². The number of amides is 1. The lowest BCUT2D eigenvalue weighted by Crippen LogP contribution is -2.32. The first-order valence-corrected chi connectivity index (χ1v) is 9.26. The fourth-order valence-corrected chi connectivity index (χ4v) is 2.75. The van der Waals surface area contributed by atoms with Gasteiger partial charge in [0.05, 0.1) is 4.90 Å². The van der Waals surface area contributed by atoms with Crippen molar-refractivity contribution in [2.24, 2.45) is 5.14 Å². The van der Waals surface area contributed by atoms with Crippen molar-refractivity contribution in [2.45, 2.75) is 4.90 Å². The Morgan fingerprint density at radius 1 is 1.12 bits per heavy atom. The molecule has 0 saturated carbocycles. The fraction of sp³-hybridized carbons (Fsp3) is 0. The molecule has 25 heavy (non-hydrogen) atoms. The first kappa shape index (κ1) is 19.1. The van der Waals surface area contributed by atoms with E-state index < -0.39 is 15.9 Å². The average molecular weight is 396 g/mol. The van der Waals surface area contributed by atoms with Crippen molar-refractivity contribution in [2.75, 3.05) is 5.32 Å². The minimum atomic E-state index is -3.75. The number of thiocarbonyl (C=S) groups is 1. The topological polar surface area (TPSA) is 101 Å². The number of rotatable bonds is 4. The molecule has 0 aliphatic rings. The maximum atomic E-state index is 11.8. The second-order valence-corrected chi connectivity index (χ2v) is 7.24. The highest BCUT2D eigenvalue weighted by molar-refractivity contribution is 7.89. The number of primary sulfonamides is 1. The fourth-order valence-electron chi connectivity index (χ4n) is 1.82. The maximum absolute atomic E-state index is 11.8. The molecule has 0 aromatic heterocycles. The van der Waals surface area contributed by atoms with Crippen molar-refractivity contribution in [1.82, 2.24) is 5.32 Å². The number of nitrogens with two attached hydrogens (primary N) is 1. The highest BCUT2D eigenvalue weighted by Crippen LogP contribution is 2.16. The van der Waals surface area contributed by atoms with Gasteiger partial charge in [-0.05, 0) is 54.2 Å². The number of nitrogens with one attached hydrogen (secondary N) is 2. The SMILES string of the molecule is NS(=O)(=O)c1ccc(NC(=S)NC(=O)C=Cc2ccccc2Cl)cc1. The van der Waals surface area contributed by atoms with Crippen LogP contribution >= 0.6 is 23.8 Å². The van der Waals surface area contributed by atoms with Gasteiger partial charge in [0.15, 0.2) is 5.11 Å². The first-order valence-electron chi connectivity index (χ1n) is 6.93. The standard InChI is InChI=1S/C16H14ClN3O3S2/c17-14-4-2-1-3-11(14)5-10-15(21)20-16(24)19-12-6-8-13(9-7-12)25(18,22)23/h1-10H,(H2,18,22,23)(H2,19,20,21,24). The van der Waals surface area contributed by atoms with Gasteiger partial charge in [-0.25, -0.2) is 13.6 Å². The van der Waals surface area contributed by atoms with Gasteiger partial charge >= 0.3 is 0 Å². The number of halogens is 1. The summed E-state index contributed by atoms with van der Waals surface area (Å²) in [6.45, 7) is 0. The van der Waals surface area contributed by atoms with E-state index in [4.69, 9.17) is 29.0 Å². The molecule has 2 aromatic carbocycles. The van der Waals surface area contributed by atoms with E-state index in [1.54, 1.807) is 30.3 Å². The Balaban J connectivity index is 1.93. The van der Waals surface area contributed by atoms with Crippen molar-refractivity contribution in [3.63, 3.8) is 0 Å². The number of anilines is 1. The van der Waals surface area contributed by atoms with Crippen molar-refractivity contribution in [3.05, 3.63) is 65.2 Å². The Morgan fingerprint density at radius 2 is 1.76 bits per heavy atom. The van der Waals surface area contributed by atoms with Crippen LogP contribution in [0.25, 0.3) is 6.08 Å². The van der Waals surface area contributed by atoms with Gasteiger partial charge in [-0.2, -0.15) is 0 Å². The zero-order chi connectivity index (χ0) is 18.4. The van der Waals surface area contributed by atoms with E-state index in [9.17, 15) is 13.2 Å². The van der Waals surface area contributed by atoms with Gasteiger partial charge in [0.1, 0.15) is 0 Å². The highest BCUT2D eigenvalue weighted by atomic mass is 35.5. The van der Waals surface area contributed by atoms with E-state index in [0.717, 1.165) is 0 Å². The van der Waals surface area contributed by atoms with Crippen molar-refractivity contribution in [1.29, 1.82) is 0 Å². The lowest BCUT2D eigenvalue weighted by molar-refractivity contribution is -0.115. The third-order valence-electron chi connectivity index (χ3n) is 3.00. The van der Waals surface area contributed by atoms with Gasteiger partial charge in [0.25, 0.3) is 0 Å². The molecule has 0 aliphatic carbocycles. The molecule has 0 spiro atoms. The zero-order valence-corrected chi connectivity index (χ0v) is 15.2. The van der Waals surface area contributed by atoms with Gasteiger partial charge in [-0.3, -0.25) is 10.1 Å². The van der Waals surface area contributed by atoms with Crippen LogP contribution < -0.4 is 15.8 Å². The second-order valence-electron chi connectivity index (χ2n) is 4.87. The summed E-state index contributed by atoms with van der Waals surface area (Å²) >= 11 is 11.0. The summed E-state index contributed by atoms with van der Waals surface area (Å²) in [5.74, 6) is -0.432. The summed E-state index contributed by atoms with van der Waals surface area (Å²) in [6, 6.07) is 12.7. The molecule has 1 amide bonds. The lowest BCUT2D eigenvalue weighted by Gasteiger charge is -2.08. The molecule has 6 nitrogen and oxygen atoms in total. The van der Waals surface area contributed by atoms with Crippen LogP contribution in [0.1, 0.15) is 5.56 Å². The summed E-state index contributed by atoms with van der Waals surface area (Å²) in [4.78, 5) is 11.8. The number of carbonyl (C=O) groups is 1. The summed E-state index contributed by atoms with van der Waals surface area (Å²) < 4.78 is 22.4.